The second-order valence-corrected chi connectivity index (χ2v) is 12.6. The first-order valence-corrected chi connectivity index (χ1v) is 15.8. The summed E-state index contributed by atoms with van der Waals surface area (Å²) in [6, 6.07) is 2.83. The van der Waals surface area contributed by atoms with Crippen molar-refractivity contribution in [2.45, 2.75) is 96.4 Å². The van der Waals surface area contributed by atoms with Gasteiger partial charge in [-0.25, -0.2) is 0 Å². The number of nitrogens with zero attached hydrogens (tertiary/aromatic N) is 3. The van der Waals surface area contributed by atoms with Gasteiger partial charge in [-0.3, -0.25) is 19.4 Å². The molecule has 2 aromatic carbocycles. The molecule has 4 heterocycles. The van der Waals surface area contributed by atoms with Crippen LogP contribution < -0.4 is 24.3 Å². The van der Waals surface area contributed by atoms with Crippen LogP contribution in [0.4, 0.5) is 0 Å². The Morgan fingerprint density at radius 1 is 1.13 bits per heavy atom. The Balaban J connectivity index is 1.55. The van der Waals surface area contributed by atoms with Crippen molar-refractivity contribution >= 4 is 11.9 Å². The molecular formula is C34H42N4O7. The number of carbonyl (C=O) groups is 2. The van der Waals surface area contributed by atoms with Gasteiger partial charge in [0.15, 0.2) is 23.0 Å². The van der Waals surface area contributed by atoms with E-state index in [1.54, 1.807) is 7.11 Å². The third kappa shape index (κ3) is 4.95. The number of hydrogen-bond acceptors (Lipinski definition) is 10. The summed E-state index contributed by atoms with van der Waals surface area (Å²) in [5, 5.41) is 25.6. The van der Waals surface area contributed by atoms with Crippen molar-refractivity contribution in [3.8, 4) is 34.8 Å². The predicted octanol–water partition coefficient (Wildman–Crippen LogP) is 4.14. The summed E-state index contributed by atoms with van der Waals surface area (Å²) in [7, 11) is 3.55. The van der Waals surface area contributed by atoms with Gasteiger partial charge in [-0.15, -0.1) is 0 Å². The molecule has 1 fully saturated rings. The molecule has 0 aliphatic carbocycles. The molecule has 1 amide bonds. The fourth-order valence-electron chi connectivity index (χ4n) is 8.15. The van der Waals surface area contributed by atoms with Crippen LogP contribution in [0, 0.1) is 25.2 Å². The Morgan fingerprint density at radius 3 is 2.58 bits per heavy atom. The molecule has 5 atom stereocenters. The number of aryl methyl sites for hydroxylation is 1. The predicted molar refractivity (Wildman–Crippen MR) is 165 cm³/mol. The topological polar surface area (TPSA) is 134 Å². The van der Waals surface area contributed by atoms with E-state index in [0.717, 1.165) is 47.1 Å². The van der Waals surface area contributed by atoms with E-state index in [0.29, 0.717) is 47.8 Å². The van der Waals surface area contributed by atoms with E-state index in [-0.39, 0.29) is 43.1 Å². The summed E-state index contributed by atoms with van der Waals surface area (Å²) >= 11 is 0. The Labute approximate surface area is 264 Å². The van der Waals surface area contributed by atoms with Crippen LogP contribution in [0.25, 0.3) is 0 Å². The number of benzene rings is 2. The summed E-state index contributed by atoms with van der Waals surface area (Å²) in [6.45, 7) is 7.47. The van der Waals surface area contributed by atoms with Crippen LogP contribution in [0.15, 0.2) is 6.07 Å². The number of likely N-dealkylation sites (N-methyl/N-ethyl adjacent to an activating group) is 1. The van der Waals surface area contributed by atoms with Gasteiger partial charge in [-0.1, -0.05) is 25.8 Å². The van der Waals surface area contributed by atoms with Gasteiger partial charge in [0.05, 0.1) is 25.3 Å². The molecule has 0 saturated carbocycles. The summed E-state index contributed by atoms with van der Waals surface area (Å²) in [4.78, 5) is 29.9. The number of ether oxygens (including phenoxy) is 4. The van der Waals surface area contributed by atoms with E-state index in [2.05, 4.69) is 34.2 Å². The van der Waals surface area contributed by atoms with Gasteiger partial charge in [0.2, 0.25) is 12.7 Å². The molecule has 11 nitrogen and oxygen atoms in total. The summed E-state index contributed by atoms with van der Waals surface area (Å²) in [5.74, 6) is 1.50. The fraction of sp³-hybridized carbons (Fsp3) is 0.559. The number of nitriles is 1. The Bertz CT molecular complexity index is 1580. The molecular weight excluding hydrogens is 576 g/mol. The molecule has 11 heteroatoms. The highest BCUT2D eigenvalue weighted by atomic mass is 16.7. The number of aromatic hydroxyl groups is 1. The van der Waals surface area contributed by atoms with Gasteiger partial charge in [-0.05, 0) is 51.3 Å². The van der Waals surface area contributed by atoms with Crippen LogP contribution in [-0.2, 0) is 22.4 Å². The fourth-order valence-corrected chi connectivity index (χ4v) is 8.15. The van der Waals surface area contributed by atoms with Crippen molar-refractivity contribution in [2.75, 3.05) is 27.5 Å². The summed E-state index contributed by atoms with van der Waals surface area (Å²) < 4.78 is 23.5. The summed E-state index contributed by atoms with van der Waals surface area (Å²) in [6.07, 6.45) is 4.16. The maximum absolute atomic E-state index is 13.1. The number of amides is 1. The molecule has 0 radical (unpaired) electrons. The Kier molecular flexibility index (Phi) is 8.31. The molecule has 240 valence electrons. The maximum Gasteiger partial charge on any atom is 0.308 e. The average Bonchev–Trinajstić information content (AvgIpc) is 3.49. The highest BCUT2D eigenvalue weighted by Gasteiger charge is 2.56. The molecule has 45 heavy (non-hydrogen) atoms. The van der Waals surface area contributed by atoms with Crippen molar-refractivity contribution in [3.63, 3.8) is 0 Å². The Hall–Kier alpha value is -4.01. The van der Waals surface area contributed by atoms with Crippen molar-refractivity contribution in [1.82, 2.24) is 15.1 Å². The highest BCUT2D eigenvalue weighted by molar-refractivity contribution is 5.76. The van der Waals surface area contributed by atoms with E-state index in [9.17, 15) is 20.0 Å². The number of methoxy groups -OCH3 is 1. The second-order valence-electron chi connectivity index (χ2n) is 12.6. The number of phenols is 1. The minimum atomic E-state index is -0.541. The van der Waals surface area contributed by atoms with Gasteiger partial charge >= 0.3 is 5.97 Å². The number of unbranched alkanes of at least 4 members (excludes halogenated alkanes) is 2. The number of phenolic OH excluding ortho intramolecular Hbond substituents is 1. The maximum atomic E-state index is 13.1. The highest BCUT2D eigenvalue weighted by Crippen LogP contribution is 2.58. The number of hydrogen-bond donors (Lipinski definition) is 2. The van der Waals surface area contributed by atoms with E-state index in [1.165, 1.54) is 6.92 Å². The van der Waals surface area contributed by atoms with Gasteiger partial charge in [0.1, 0.15) is 11.8 Å². The quantitative estimate of drug-likeness (QED) is 0.253. The lowest BCUT2D eigenvalue weighted by molar-refractivity contribution is -0.132. The zero-order valence-electron chi connectivity index (χ0n) is 26.9. The molecule has 2 N–H and O–H groups in total. The normalized spacial score (nSPS) is 24.6. The lowest BCUT2D eigenvalue weighted by Gasteiger charge is -2.60. The zero-order valence-corrected chi connectivity index (χ0v) is 26.9. The van der Waals surface area contributed by atoms with Crippen molar-refractivity contribution in [2.24, 2.45) is 0 Å². The van der Waals surface area contributed by atoms with Gasteiger partial charge in [0, 0.05) is 54.2 Å². The lowest BCUT2D eigenvalue weighted by Crippen LogP contribution is -2.68. The lowest BCUT2D eigenvalue weighted by atomic mass is 9.71. The van der Waals surface area contributed by atoms with Gasteiger partial charge < -0.3 is 29.4 Å². The van der Waals surface area contributed by atoms with E-state index in [4.69, 9.17) is 18.9 Å². The first kappa shape index (κ1) is 31.0. The van der Waals surface area contributed by atoms with Crippen molar-refractivity contribution in [1.29, 1.82) is 5.26 Å². The zero-order chi connectivity index (χ0) is 32.2. The number of fused-ring (bicyclic) bond motifs is 9. The Morgan fingerprint density at radius 2 is 1.89 bits per heavy atom. The second kappa shape index (κ2) is 12.1. The van der Waals surface area contributed by atoms with Crippen LogP contribution >= 0.6 is 0 Å². The van der Waals surface area contributed by atoms with Crippen LogP contribution in [-0.4, -0.2) is 72.4 Å². The van der Waals surface area contributed by atoms with Crippen molar-refractivity contribution < 1.29 is 33.6 Å². The number of rotatable bonds is 8. The number of piperazine rings is 1. The summed E-state index contributed by atoms with van der Waals surface area (Å²) in [5.41, 5.74) is 4.82. The first-order chi connectivity index (χ1) is 21.6. The van der Waals surface area contributed by atoms with Crippen molar-refractivity contribution in [3.05, 3.63) is 39.4 Å². The van der Waals surface area contributed by atoms with Gasteiger partial charge in [-0.2, -0.15) is 5.26 Å². The van der Waals surface area contributed by atoms with E-state index < -0.39 is 18.1 Å². The monoisotopic (exact) mass is 618 g/mol. The average molecular weight is 619 g/mol. The first-order valence-electron chi connectivity index (χ1n) is 15.8. The van der Waals surface area contributed by atoms with E-state index >= 15 is 0 Å². The minimum absolute atomic E-state index is 0.0156. The molecule has 2 unspecified atom stereocenters. The third-order valence-corrected chi connectivity index (χ3v) is 10.0. The van der Waals surface area contributed by atoms with E-state index in [1.807, 2.05) is 20.9 Å². The van der Waals surface area contributed by atoms with Crippen LogP contribution in [0.5, 0.6) is 28.7 Å². The number of esters is 1. The number of nitrogens with one attached hydrogen (secondary N) is 1. The molecule has 4 aliphatic heterocycles. The molecule has 6 rings (SSSR count). The molecule has 2 bridgehead atoms. The SMILES string of the molecule is CCCCCC(=O)NC[C@H]1c2c(c(OC(C)=O)c(C)c3c2OCO3)C[C@H]2C3c4c(cc(C)c(OC)c4O)CC([C@H](C#N)N12)N3C. The number of carbonyl (C=O) groups excluding carboxylic acids is 2. The van der Waals surface area contributed by atoms with Crippen LogP contribution in [0.3, 0.4) is 0 Å². The van der Waals surface area contributed by atoms with Crippen LogP contribution in [0.1, 0.15) is 85.0 Å². The van der Waals surface area contributed by atoms with Gasteiger partial charge in [0.25, 0.3) is 0 Å². The standard InChI is InChI=1S/C34H42N4O7/c1-7-8-9-10-26(40)36-15-25-28-21(32(45-19(4)39)18(3)33-34(28)44-16-43-33)13-23-29-27-20(11-17(2)31(42-6)30(27)41)12-22(37(29)5)24(14-35)38(23)25/h11,22-25,29,41H,7-10,12-13,15-16H2,1-6H3,(H,36,40)/t22?,23-,24-,25-,29?/m0/s1. The largest absolute Gasteiger partial charge is 0.504 e. The molecule has 1 saturated heterocycles. The minimum Gasteiger partial charge on any atom is -0.504 e. The third-order valence-electron chi connectivity index (χ3n) is 10.0. The molecule has 0 spiro atoms. The van der Waals surface area contributed by atoms with Crippen LogP contribution in [0.2, 0.25) is 0 Å². The molecule has 2 aromatic rings. The molecule has 0 aromatic heterocycles. The smallest absolute Gasteiger partial charge is 0.308 e. The molecule has 4 aliphatic rings.